The maximum Gasteiger partial charge on any atom is 0.0419 e. The molecule has 0 saturated heterocycles. The summed E-state index contributed by atoms with van der Waals surface area (Å²) in [7, 11) is 4.24. The highest BCUT2D eigenvalue weighted by molar-refractivity contribution is 5.61. The molecule has 1 aliphatic rings. The van der Waals surface area contributed by atoms with Crippen LogP contribution in [0.1, 0.15) is 17.5 Å². The van der Waals surface area contributed by atoms with Crippen LogP contribution in [0.5, 0.6) is 0 Å². The topological polar surface area (TPSA) is 27.3 Å². The van der Waals surface area contributed by atoms with E-state index in [1.54, 1.807) is 0 Å². The zero-order valence-electron chi connectivity index (χ0n) is 10.9. The normalized spacial score (nSPS) is 13.8. The number of fused-ring (bicyclic) bond motifs is 1. The van der Waals surface area contributed by atoms with Crippen LogP contribution < -0.4 is 10.6 Å². The van der Waals surface area contributed by atoms with Gasteiger partial charge in [-0.05, 0) is 51.2 Å². The molecule has 0 radical (unpaired) electrons. The molecule has 94 valence electrons. The van der Waals surface area contributed by atoms with Gasteiger partial charge in [0.15, 0.2) is 0 Å². The first-order chi connectivity index (χ1) is 8.27. The smallest absolute Gasteiger partial charge is 0.0419 e. The van der Waals surface area contributed by atoms with E-state index in [0.717, 1.165) is 26.2 Å². The van der Waals surface area contributed by atoms with Crippen molar-refractivity contribution < 1.29 is 0 Å². The van der Waals surface area contributed by atoms with Crippen LogP contribution in [-0.4, -0.2) is 38.6 Å². The van der Waals surface area contributed by atoms with Crippen molar-refractivity contribution in [1.82, 2.24) is 10.2 Å². The first-order valence-electron chi connectivity index (χ1n) is 6.47. The van der Waals surface area contributed by atoms with Gasteiger partial charge in [-0.3, -0.25) is 0 Å². The van der Waals surface area contributed by atoms with Crippen LogP contribution >= 0.6 is 0 Å². The zero-order chi connectivity index (χ0) is 12.1. The van der Waals surface area contributed by atoms with Gasteiger partial charge in [0.1, 0.15) is 0 Å². The Kier molecular flexibility index (Phi) is 4.40. The summed E-state index contributed by atoms with van der Waals surface area (Å²) in [4.78, 5) is 2.23. The molecule has 0 atom stereocenters. The van der Waals surface area contributed by atoms with Crippen LogP contribution in [0.15, 0.2) is 18.2 Å². The summed E-state index contributed by atoms with van der Waals surface area (Å²) in [5.74, 6) is 0. The van der Waals surface area contributed by atoms with Gasteiger partial charge >= 0.3 is 0 Å². The summed E-state index contributed by atoms with van der Waals surface area (Å²) in [6.07, 6.45) is 2.37. The molecule has 1 aromatic carbocycles. The fourth-order valence-electron chi connectivity index (χ4n) is 2.30. The van der Waals surface area contributed by atoms with Gasteiger partial charge in [-0.1, -0.05) is 18.2 Å². The van der Waals surface area contributed by atoms with Gasteiger partial charge in [0.05, 0.1) is 0 Å². The molecule has 3 nitrogen and oxygen atoms in total. The van der Waals surface area contributed by atoms with E-state index in [1.807, 2.05) is 0 Å². The number of nitrogens with one attached hydrogen (secondary N) is 2. The Bertz CT molecular complexity index is 360. The standard InChI is InChI=1S/C14H23N3/c1-17(2)10-4-8-15-11-13-6-3-5-12-7-9-16-14(12)13/h3,5-6,15-16H,4,7-11H2,1-2H3. The molecule has 17 heavy (non-hydrogen) atoms. The van der Waals surface area contributed by atoms with E-state index in [-0.39, 0.29) is 0 Å². The highest BCUT2D eigenvalue weighted by Gasteiger charge is 2.12. The van der Waals surface area contributed by atoms with E-state index in [0.29, 0.717) is 0 Å². The number of anilines is 1. The highest BCUT2D eigenvalue weighted by atomic mass is 15.1. The molecule has 0 aromatic heterocycles. The lowest BCUT2D eigenvalue weighted by molar-refractivity contribution is 0.394. The van der Waals surface area contributed by atoms with Crippen LogP contribution in [0.3, 0.4) is 0 Å². The number of hydrogen-bond donors (Lipinski definition) is 2. The fraction of sp³-hybridized carbons (Fsp3) is 0.571. The van der Waals surface area contributed by atoms with Crippen LogP contribution in [0.2, 0.25) is 0 Å². The van der Waals surface area contributed by atoms with E-state index in [4.69, 9.17) is 0 Å². The Morgan fingerprint density at radius 3 is 3.06 bits per heavy atom. The quantitative estimate of drug-likeness (QED) is 0.732. The molecule has 2 N–H and O–H groups in total. The van der Waals surface area contributed by atoms with Crippen LogP contribution in [0.4, 0.5) is 5.69 Å². The molecular formula is C14H23N3. The number of para-hydroxylation sites is 1. The van der Waals surface area contributed by atoms with Crippen molar-refractivity contribution in [2.75, 3.05) is 39.0 Å². The molecule has 0 fully saturated rings. The lowest BCUT2D eigenvalue weighted by atomic mass is 10.1. The van der Waals surface area contributed by atoms with E-state index in [1.165, 1.54) is 29.7 Å². The minimum atomic E-state index is 0.976. The van der Waals surface area contributed by atoms with Crippen molar-refractivity contribution in [3.8, 4) is 0 Å². The van der Waals surface area contributed by atoms with Gasteiger partial charge in [0.2, 0.25) is 0 Å². The number of benzene rings is 1. The van der Waals surface area contributed by atoms with Crippen molar-refractivity contribution >= 4 is 5.69 Å². The molecule has 0 aliphatic carbocycles. The van der Waals surface area contributed by atoms with Gasteiger partial charge in [-0.25, -0.2) is 0 Å². The first-order valence-corrected chi connectivity index (χ1v) is 6.47. The summed E-state index contributed by atoms with van der Waals surface area (Å²) >= 11 is 0. The van der Waals surface area contributed by atoms with Gasteiger partial charge in [-0.2, -0.15) is 0 Å². The lowest BCUT2D eigenvalue weighted by Crippen LogP contribution is -2.21. The summed E-state index contributed by atoms with van der Waals surface area (Å²) in [5.41, 5.74) is 4.25. The summed E-state index contributed by atoms with van der Waals surface area (Å²) in [6.45, 7) is 4.30. The molecule has 3 heteroatoms. The molecular weight excluding hydrogens is 210 g/mol. The molecule has 1 aromatic rings. The van der Waals surface area contributed by atoms with E-state index in [9.17, 15) is 0 Å². The van der Waals surface area contributed by atoms with Crippen LogP contribution in [-0.2, 0) is 13.0 Å². The van der Waals surface area contributed by atoms with Gasteiger partial charge in [0, 0.05) is 18.8 Å². The molecule has 0 bridgehead atoms. The number of rotatable bonds is 6. The third kappa shape index (κ3) is 3.45. The van der Waals surface area contributed by atoms with Crippen LogP contribution in [0.25, 0.3) is 0 Å². The van der Waals surface area contributed by atoms with Gasteiger partial charge in [0.25, 0.3) is 0 Å². The number of nitrogens with zero attached hydrogens (tertiary/aromatic N) is 1. The minimum Gasteiger partial charge on any atom is -0.384 e. The second-order valence-corrected chi connectivity index (χ2v) is 4.96. The average Bonchev–Trinajstić information content (AvgIpc) is 2.77. The Morgan fingerprint density at radius 2 is 2.24 bits per heavy atom. The molecule has 2 rings (SSSR count). The molecule has 1 aliphatic heterocycles. The SMILES string of the molecule is CN(C)CCCNCc1cccc2c1NCC2. The van der Waals surface area contributed by atoms with E-state index in [2.05, 4.69) is 47.8 Å². The Morgan fingerprint density at radius 1 is 1.35 bits per heavy atom. The van der Waals surface area contributed by atoms with Crippen LogP contribution in [0, 0.1) is 0 Å². The molecule has 0 spiro atoms. The number of hydrogen-bond acceptors (Lipinski definition) is 3. The van der Waals surface area contributed by atoms with Gasteiger partial charge in [-0.15, -0.1) is 0 Å². The predicted molar refractivity (Wildman–Crippen MR) is 73.5 cm³/mol. The summed E-state index contributed by atoms with van der Waals surface area (Å²) in [6, 6.07) is 6.61. The van der Waals surface area contributed by atoms with Crippen molar-refractivity contribution in [3.63, 3.8) is 0 Å². The zero-order valence-corrected chi connectivity index (χ0v) is 10.9. The molecule has 1 heterocycles. The molecule has 0 unspecified atom stereocenters. The largest absolute Gasteiger partial charge is 0.384 e. The molecule has 0 saturated carbocycles. The highest BCUT2D eigenvalue weighted by Crippen LogP contribution is 2.25. The second-order valence-electron chi connectivity index (χ2n) is 4.96. The third-order valence-corrected chi connectivity index (χ3v) is 3.21. The monoisotopic (exact) mass is 233 g/mol. The van der Waals surface area contributed by atoms with E-state index >= 15 is 0 Å². The second kappa shape index (κ2) is 6.03. The van der Waals surface area contributed by atoms with Crippen molar-refractivity contribution in [2.45, 2.75) is 19.4 Å². The molecule has 0 amide bonds. The maximum atomic E-state index is 3.52. The Balaban J connectivity index is 1.78. The lowest BCUT2D eigenvalue weighted by Gasteiger charge is -2.12. The average molecular weight is 233 g/mol. The first kappa shape index (κ1) is 12.4. The third-order valence-electron chi connectivity index (χ3n) is 3.21. The van der Waals surface area contributed by atoms with Gasteiger partial charge < -0.3 is 15.5 Å². The summed E-state index contributed by atoms with van der Waals surface area (Å²) < 4.78 is 0. The fourth-order valence-corrected chi connectivity index (χ4v) is 2.30. The maximum absolute atomic E-state index is 3.52. The van der Waals surface area contributed by atoms with E-state index < -0.39 is 0 Å². The summed E-state index contributed by atoms with van der Waals surface area (Å²) in [5, 5.41) is 7.00. The Labute approximate surface area is 104 Å². The minimum absolute atomic E-state index is 0.976. The van der Waals surface area contributed by atoms with Crippen molar-refractivity contribution in [1.29, 1.82) is 0 Å². The predicted octanol–water partition coefficient (Wildman–Crippen LogP) is 1.70. The van der Waals surface area contributed by atoms with Crippen molar-refractivity contribution in [3.05, 3.63) is 29.3 Å². The van der Waals surface area contributed by atoms with Crippen molar-refractivity contribution in [2.24, 2.45) is 0 Å². The Hall–Kier alpha value is -1.06.